The summed E-state index contributed by atoms with van der Waals surface area (Å²) in [5.41, 5.74) is -0.695. The van der Waals surface area contributed by atoms with Crippen molar-refractivity contribution in [3.8, 4) is 6.07 Å². The number of hydrogen-bond acceptors (Lipinski definition) is 4. The van der Waals surface area contributed by atoms with Crippen LogP contribution in [0.15, 0.2) is 27.6 Å². The summed E-state index contributed by atoms with van der Waals surface area (Å²) in [6.45, 7) is 3.22. The molecule has 0 heterocycles. The Bertz CT molecular complexity index is 693. The maximum atomic E-state index is 12.3. The number of hydrogen-bond donors (Lipinski definition) is 2. The van der Waals surface area contributed by atoms with Gasteiger partial charge in [-0.25, -0.2) is 13.1 Å². The van der Waals surface area contributed by atoms with Crippen LogP contribution in [-0.4, -0.2) is 25.0 Å². The molecule has 0 spiro atoms. The molecule has 0 aliphatic rings. The highest BCUT2D eigenvalue weighted by atomic mass is 79.9. The lowest BCUT2D eigenvalue weighted by atomic mass is 10.0. The minimum Gasteiger partial charge on any atom is -0.481 e. The first-order valence-corrected chi connectivity index (χ1v) is 8.30. The van der Waals surface area contributed by atoms with Crippen molar-refractivity contribution in [1.29, 1.82) is 5.26 Å². The molecule has 0 fully saturated rings. The number of nitriles is 1. The third-order valence-corrected chi connectivity index (χ3v) is 4.82. The van der Waals surface area contributed by atoms with Gasteiger partial charge in [-0.1, -0.05) is 15.9 Å². The molecule has 0 amide bonds. The summed E-state index contributed by atoms with van der Waals surface area (Å²) in [6, 6.07) is 6.04. The molecule has 0 radical (unpaired) electrons. The molecule has 0 aromatic heterocycles. The number of nitrogens with zero attached hydrogens (tertiary/aromatic N) is 1. The number of carboxylic acid groups (broad SMARTS) is 1. The van der Waals surface area contributed by atoms with Crippen LogP contribution in [0.5, 0.6) is 0 Å². The number of rotatable bonds is 6. The van der Waals surface area contributed by atoms with E-state index in [2.05, 4.69) is 20.7 Å². The van der Waals surface area contributed by atoms with Gasteiger partial charge in [0.05, 0.1) is 16.5 Å². The van der Waals surface area contributed by atoms with E-state index in [9.17, 15) is 13.2 Å². The van der Waals surface area contributed by atoms with Gasteiger partial charge in [-0.3, -0.25) is 4.79 Å². The Morgan fingerprint density at radius 3 is 2.57 bits per heavy atom. The zero-order valence-electron chi connectivity index (χ0n) is 11.6. The largest absolute Gasteiger partial charge is 0.481 e. The lowest BCUT2D eigenvalue weighted by molar-refractivity contribution is -0.137. The first-order valence-electron chi connectivity index (χ1n) is 6.02. The summed E-state index contributed by atoms with van der Waals surface area (Å²) in [6.07, 6.45) is 0.0120. The van der Waals surface area contributed by atoms with Crippen LogP contribution in [0, 0.1) is 11.3 Å². The summed E-state index contributed by atoms with van der Waals surface area (Å²) in [5.74, 6) is -0.989. The summed E-state index contributed by atoms with van der Waals surface area (Å²) >= 11 is 3.15. The lowest BCUT2D eigenvalue weighted by Gasteiger charge is -2.25. The zero-order valence-corrected chi connectivity index (χ0v) is 14.0. The molecule has 21 heavy (non-hydrogen) atoms. The summed E-state index contributed by atoms with van der Waals surface area (Å²) in [4.78, 5) is 10.5. The van der Waals surface area contributed by atoms with E-state index in [0.29, 0.717) is 4.47 Å². The molecular formula is C13H15BrN2O4S. The van der Waals surface area contributed by atoms with E-state index in [1.165, 1.54) is 18.2 Å². The van der Waals surface area contributed by atoms with Crippen LogP contribution in [0.2, 0.25) is 0 Å². The molecule has 6 nitrogen and oxygen atoms in total. The van der Waals surface area contributed by atoms with Crippen molar-refractivity contribution < 1.29 is 18.3 Å². The monoisotopic (exact) mass is 374 g/mol. The van der Waals surface area contributed by atoms with E-state index in [1.807, 2.05) is 6.07 Å². The maximum Gasteiger partial charge on any atom is 0.303 e. The highest BCUT2D eigenvalue weighted by Crippen LogP contribution is 2.22. The second-order valence-electron chi connectivity index (χ2n) is 5.17. The number of sulfonamides is 1. The number of carboxylic acids is 1. The van der Waals surface area contributed by atoms with Gasteiger partial charge in [-0.15, -0.1) is 0 Å². The highest BCUT2D eigenvalue weighted by Gasteiger charge is 2.27. The van der Waals surface area contributed by atoms with Gasteiger partial charge in [0.25, 0.3) is 0 Å². The molecule has 8 heteroatoms. The Balaban J connectivity index is 3.04. The summed E-state index contributed by atoms with van der Waals surface area (Å²) in [7, 11) is -3.84. The fourth-order valence-corrected chi connectivity index (χ4v) is 3.83. The van der Waals surface area contributed by atoms with Crippen LogP contribution < -0.4 is 4.72 Å². The quantitative estimate of drug-likeness (QED) is 0.793. The first-order chi connectivity index (χ1) is 9.55. The normalized spacial score (nSPS) is 11.9. The average Bonchev–Trinajstić information content (AvgIpc) is 2.34. The third kappa shape index (κ3) is 5.46. The SMILES string of the molecule is CC(C)(CCC(=O)O)NS(=O)(=O)c1cc(Br)cc(C#N)c1. The fraction of sp³-hybridized carbons (Fsp3) is 0.385. The van der Waals surface area contributed by atoms with E-state index in [1.54, 1.807) is 13.8 Å². The standard InChI is InChI=1S/C13H15BrN2O4S/c1-13(2,4-3-12(17)18)16-21(19,20)11-6-9(8-15)5-10(14)7-11/h5-7,16H,3-4H2,1-2H3,(H,17,18). The van der Waals surface area contributed by atoms with Crippen molar-refractivity contribution in [2.24, 2.45) is 0 Å². The van der Waals surface area contributed by atoms with Gasteiger partial charge in [0.1, 0.15) is 0 Å². The number of aliphatic carboxylic acids is 1. The molecule has 0 atom stereocenters. The van der Waals surface area contributed by atoms with Gasteiger partial charge in [-0.2, -0.15) is 5.26 Å². The number of carbonyl (C=O) groups is 1. The van der Waals surface area contributed by atoms with Crippen LogP contribution in [-0.2, 0) is 14.8 Å². The number of halogens is 1. The molecule has 0 aliphatic carbocycles. The number of benzene rings is 1. The van der Waals surface area contributed by atoms with Gasteiger partial charge in [-0.05, 0) is 38.5 Å². The van der Waals surface area contributed by atoms with Crippen LogP contribution in [0.1, 0.15) is 32.3 Å². The van der Waals surface area contributed by atoms with Crippen molar-refractivity contribution in [3.05, 3.63) is 28.2 Å². The van der Waals surface area contributed by atoms with Gasteiger partial charge in [0.15, 0.2) is 0 Å². The van der Waals surface area contributed by atoms with Gasteiger partial charge in [0, 0.05) is 16.4 Å². The van der Waals surface area contributed by atoms with Gasteiger partial charge < -0.3 is 5.11 Å². The van der Waals surface area contributed by atoms with Crippen molar-refractivity contribution >= 4 is 31.9 Å². The Morgan fingerprint density at radius 2 is 2.05 bits per heavy atom. The van der Waals surface area contributed by atoms with Crippen molar-refractivity contribution in [2.75, 3.05) is 0 Å². The van der Waals surface area contributed by atoms with Crippen LogP contribution in [0.25, 0.3) is 0 Å². The molecule has 0 bridgehead atoms. The molecule has 0 saturated carbocycles. The van der Waals surface area contributed by atoms with Crippen molar-refractivity contribution in [3.63, 3.8) is 0 Å². The fourth-order valence-electron chi connectivity index (χ4n) is 1.68. The molecule has 1 aromatic rings. The zero-order chi connectivity index (χ0) is 16.3. The van der Waals surface area contributed by atoms with E-state index in [0.717, 1.165) is 0 Å². The molecule has 1 aromatic carbocycles. The van der Waals surface area contributed by atoms with Crippen LogP contribution >= 0.6 is 15.9 Å². The van der Waals surface area contributed by atoms with E-state index in [-0.39, 0.29) is 23.3 Å². The molecule has 0 aliphatic heterocycles. The Morgan fingerprint density at radius 1 is 1.43 bits per heavy atom. The minimum atomic E-state index is -3.84. The van der Waals surface area contributed by atoms with E-state index in [4.69, 9.17) is 10.4 Å². The van der Waals surface area contributed by atoms with E-state index < -0.39 is 21.5 Å². The van der Waals surface area contributed by atoms with Crippen molar-refractivity contribution in [2.45, 2.75) is 37.1 Å². The molecule has 1 rings (SSSR count). The maximum absolute atomic E-state index is 12.3. The van der Waals surface area contributed by atoms with Gasteiger partial charge >= 0.3 is 5.97 Å². The van der Waals surface area contributed by atoms with E-state index >= 15 is 0 Å². The minimum absolute atomic E-state index is 0.0446. The summed E-state index contributed by atoms with van der Waals surface area (Å²) < 4.78 is 27.6. The highest BCUT2D eigenvalue weighted by molar-refractivity contribution is 9.10. The predicted octanol–water partition coefficient (Wildman–Crippen LogP) is 2.24. The Kier molecular flexibility index (Phi) is 5.50. The van der Waals surface area contributed by atoms with Crippen LogP contribution in [0.3, 0.4) is 0 Å². The van der Waals surface area contributed by atoms with Crippen LogP contribution in [0.4, 0.5) is 0 Å². The van der Waals surface area contributed by atoms with Gasteiger partial charge in [0.2, 0.25) is 10.0 Å². The number of nitrogens with one attached hydrogen (secondary N) is 1. The smallest absolute Gasteiger partial charge is 0.303 e. The Labute approximate surface area is 132 Å². The molecule has 0 unspecified atom stereocenters. The Hall–Kier alpha value is -1.43. The molecule has 114 valence electrons. The molecule has 0 saturated heterocycles. The summed E-state index contributed by atoms with van der Waals surface area (Å²) in [5, 5.41) is 17.6. The third-order valence-electron chi connectivity index (χ3n) is 2.69. The molecular weight excluding hydrogens is 360 g/mol. The average molecular weight is 375 g/mol. The molecule has 2 N–H and O–H groups in total. The van der Waals surface area contributed by atoms with Crippen molar-refractivity contribution in [1.82, 2.24) is 4.72 Å². The first kappa shape index (κ1) is 17.6. The topological polar surface area (TPSA) is 107 Å². The lowest BCUT2D eigenvalue weighted by Crippen LogP contribution is -2.43. The second-order valence-corrected chi connectivity index (χ2v) is 7.77. The predicted molar refractivity (Wildman–Crippen MR) is 80.1 cm³/mol. The second kappa shape index (κ2) is 6.56.